The van der Waals surface area contributed by atoms with Crippen LogP contribution in [0.1, 0.15) is 95.8 Å². The van der Waals surface area contributed by atoms with Gasteiger partial charge in [-0.25, -0.2) is 0 Å². The summed E-state index contributed by atoms with van der Waals surface area (Å²) in [6, 6.07) is 41.4. The molecular formula is C57H62N2O2S3. The number of unbranched alkanes of at least 4 members (excludes halogenated alkanes) is 2. The Morgan fingerprint density at radius 3 is 1.27 bits per heavy atom. The van der Waals surface area contributed by atoms with Crippen molar-refractivity contribution in [3.8, 4) is 0 Å². The van der Waals surface area contributed by atoms with Gasteiger partial charge in [-0.2, -0.15) is 0 Å². The molecule has 0 radical (unpaired) electrons. The summed E-state index contributed by atoms with van der Waals surface area (Å²) >= 11 is 5.32. The van der Waals surface area contributed by atoms with Crippen LogP contribution in [0.3, 0.4) is 0 Å². The van der Waals surface area contributed by atoms with Crippen molar-refractivity contribution >= 4 is 78.9 Å². The SMILES string of the molecule is CCCCC(CC)Cc1ccc(Sc2cc(Sc3ccc(CC(CC)CCCC)cc3)cc(Sc3ccc4c(c3)c(=O)c3cc5c(cc3n4C)c(=O)c3cc(C)ccc3n5C)c2)cc1. The second-order valence-electron chi connectivity index (χ2n) is 17.8. The average Bonchev–Trinajstić information content (AvgIpc) is 3.30. The molecule has 0 saturated heterocycles. The van der Waals surface area contributed by atoms with Crippen LogP contribution in [0.4, 0.5) is 0 Å². The Morgan fingerprint density at radius 2 is 0.828 bits per heavy atom. The number of aryl methyl sites for hydroxylation is 3. The van der Waals surface area contributed by atoms with Crippen LogP contribution in [0.15, 0.2) is 154 Å². The summed E-state index contributed by atoms with van der Waals surface area (Å²) in [5.41, 5.74) is 7.06. The Kier molecular flexibility index (Phi) is 14.8. The molecule has 0 aliphatic carbocycles. The van der Waals surface area contributed by atoms with Gasteiger partial charge in [0.15, 0.2) is 10.9 Å². The van der Waals surface area contributed by atoms with E-state index in [-0.39, 0.29) is 10.9 Å². The molecule has 2 aromatic heterocycles. The molecule has 0 bridgehead atoms. The van der Waals surface area contributed by atoms with Crippen LogP contribution >= 0.6 is 35.3 Å². The van der Waals surface area contributed by atoms with Gasteiger partial charge in [0.25, 0.3) is 0 Å². The first kappa shape index (κ1) is 45.9. The van der Waals surface area contributed by atoms with Gasteiger partial charge >= 0.3 is 0 Å². The second kappa shape index (κ2) is 20.6. The van der Waals surface area contributed by atoms with E-state index in [0.717, 1.165) is 62.1 Å². The third-order valence-corrected chi connectivity index (χ3v) is 16.1. The van der Waals surface area contributed by atoms with Gasteiger partial charge in [0.2, 0.25) is 0 Å². The minimum atomic E-state index is -0.0254. The molecule has 0 saturated carbocycles. The lowest BCUT2D eigenvalue weighted by Crippen LogP contribution is -2.13. The molecule has 0 spiro atoms. The van der Waals surface area contributed by atoms with Crippen molar-refractivity contribution in [2.24, 2.45) is 25.9 Å². The van der Waals surface area contributed by atoms with Gasteiger partial charge in [0, 0.05) is 65.0 Å². The summed E-state index contributed by atoms with van der Waals surface area (Å²) in [6.07, 6.45) is 12.4. The minimum absolute atomic E-state index is 0.00853. The summed E-state index contributed by atoms with van der Waals surface area (Å²) in [5, 5.41) is 2.59. The van der Waals surface area contributed by atoms with Crippen LogP contribution in [0.2, 0.25) is 0 Å². The van der Waals surface area contributed by atoms with Gasteiger partial charge in [0.05, 0.1) is 22.1 Å². The van der Waals surface area contributed by atoms with Crippen molar-refractivity contribution in [1.82, 2.24) is 9.13 Å². The molecule has 6 aromatic carbocycles. The molecule has 7 heteroatoms. The molecule has 2 heterocycles. The highest BCUT2D eigenvalue weighted by atomic mass is 32.2. The van der Waals surface area contributed by atoms with Crippen molar-refractivity contribution in [1.29, 1.82) is 0 Å². The standard InChI is InChI=1S/C57H62N2O2S3/c1-8-12-14-38(10-3)29-40-17-21-42(22-18-40)62-45-31-46(63-43-23-19-41(20-24-43)30-39(11-4)15-13-9-2)33-47(32-45)64-44-25-27-53-49(34-44)57(61)51-36-54-50(35-55(51)59(53)7)56(60)48-28-37(5)16-26-52(48)58(54)6/h16-28,31-36,38-39H,8-15,29-30H2,1-7H3. The largest absolute Gasteiger partial charge is 0.343 e. The summed E-state index contributed by atoms with van der Waals surface area (Å²) in [5.74, 6) is 1.48. The summed E-state index contributed by atoms with van der Waals surface area (Å²) in [6.45, 7) is 11.2. The van der Waals surface area contributed by atoms with E-state index >= 15 is 0 Å². The fraction of sp³-hybridized carbons (Fsp3) is 0.333. The van der Waals surface area contributed by atoms with Crippen LogP contribution in [0, 0.1) is 18.8 Å². The smallest absolute Gasteiger partial charge is 0.197 e. The molecule has 2 atom stereocenters. The molecule has 0 aliphatic heterocycles. The quantitative estimate of drug-likeness (QED) is 0.0803. The van der Waals surface area contributed by atoms with E-state index in [1.165, 1.54) is 82.1 Å². The number of hydrogen-bond donors (Lipinski definition) is 0. The zero-order valence-corrected chi connectivity index (χ0v) is 41.1. The van der Waals surface area contributed by atoms with Gasteiger partial charge in [-0.05, 0) is 128 Å². The fourth-order valence-corrected chi connectivity index (χ4v) is 12.3. The lowest BCUT2D eigenvalue weighted by atomic mass is 9.92. The van der Waals surface area contributed by atoms with Crippen molar-refractivity contribution in [3.63, 3.8) is 0 Å². The first-order valence-electron chi connectivity index (χ1n) is 23.4. The first-order valence-corrected chi connectivity index (χ1v) is 25.9. The van der Waals surface area contributed by atoms with Crippen molar-refractivity contribution < 1.29 is 0 Å². The van der Waals surface area contributed by atoms with E-state index in [1.807, 2.05) is 85.5 Å². The number of benzene rings is 6. The van der Waals surface area contributed by atoms with Crippen LogP contribution in [-0.4, -0.2) is 9.13 Å². The molecule has 0 amide bonds. The van der Waals surface area contributed by atoms with Crippen molar-refractivity contribution in [2.45, 2.75) is 128 Å². The molecule has 330 valence electrons. The van der Waals surface area contributed by atoms with Gasteiger partial charge in [-0.1, -0.05) is 150 Å². The summed E-state index contributed by atoms with van der Waals surface area (Å²) in [4.78, 5) is 35.3. The Hall–Kier alpha value is -4.69. The molecule has 8 aromatic rings. The average molecular weight is 903 g/mol. The normalized spacial score (nSPS) is 12.8. The fourth-order valence-electron chi connectivity index (χ4n) is 9.29. The predicted molar refractivity (Wildman–Crippen MR) is 277 cm³/mol. The van der Waals surface area contributed by atoms with E-state index in [0.29, 0.717) is 21.5 Å². The molecule has 0 aliphatic rings. The highest BCUT2D eigenvalue weighted by Crippen LogP contribution is 2.40. The summed E-state index contributed by atoms with van der Waals surface area (Å²) in [7, 11) is 3.97. The van der Waals surface area contributed by atoms with E-state index in [1.54, 1.807) is 11.8 Å². The zero-order valence-electron chi connectivity index (χ0n) is 38.6. The monoisotopic (exact) mass is 902 g/mol. The zero-order chi connectivity index (χ0) is 44.9. The van der Waals surface area contributed by atoms with Crippen molar-refractivity contribution in [2.75, 3.05) is 0 Å². The molecule has 2 unspecified atom stereocenters. The number of hydrogen-bond acceptors (Lipinski definition) is 5. The molecule has 0 fully saturated rings. The van der Waals surface area contributed by atoms with E-state index < -0.39 is 0 Å². The van der Waals surface area contributed by atoms with E-state index in [4.69, 9.17) is 0 Å². The van der Waals surface area contributed by atoms with Gasteiger partial charge < -0.3 is 9.13 Å². The van der Waals surface area contributed by atoms with Crippen LogP contribution in [0.5, 0.6) is 0 Å². The summed E-state index contributed by atoms with van der Waals surface area (Å²) < 4.78 is 4.10. The highest BCUT2D eigenvalue weighted by molar-refractivity contribution is 8.01. The maximum atomic E-state index is 14.5. The lowest BCUT2D eigenvalue weighted by molar-refractivity contribution is 0.449. The molecule has 0 N–H and O–H groups in total. The Morgan fingerprint density at radius 1 is 0.438 bits per heavy atom. The van der Waals surface area contributed by atoms with E-state index in [9.17, 15) is 9.59 Å². The van der Waals surface area contributed by atoms with Crippen molar-refractivity contribution in [3.05, 3.63) is 152 Å². The maximum Gasteiger partial charge on any atom is 0.197 e. The van der Waals surface area contributed by atoms with E-state index in [2.05, 4.69) is 111 Å². The van der Waals surface area contributed by atoms with Gasteiger partial charge in [0.1, 0.15) is 0 Å². The van der Waals surface area contributed by atoms with Crippen LogP contribution in [0.25, 0.3) is 43.6 Å². The van der Waals surface area contributed by atoms with Gasteiger partial charge in [-0.15, -0.1) is 0 Å². The maximum absolute atomic E-state index is 14.5. The third-order valence-electron chi connectivity index (χ3n) is 13.2. The Labute approximate surface area is 392 Å². The second-order valence-corrected chi connectivity index (χ2v) is 21.3. The number of pyridine rings is 2. The third kappa shape index (κ3) is 10.2. The molecule has 64 heavy (non-hydrogen) atoms. The van der Waals surface area contributed by atoms with Crippen LogP contribution in [-0.2, 0) is 26.9 Å². The predicted octanol–water partition coefficient (Wildman–Crippen LogP) is 16.0. The first-order chi connectivity index (χ1) is 31.0. The molecule has 4 nitrogen and oxygen atoms in total. The Balaban J connectivity index is 1.12. The van der Waals surface area contributed by atoms with Crippen LogP contribution < -0.4 is 10.9 Å². The topological polar surface area (TPSA) is 44.0 Å². The minimum Gasteiger partial charge on any atom is -0.343 e. The number of nitrogens with zero attached hydrogens (tertiary/aromatic N) is 2. The number of aromatic nitrogens is 2. The molecular weight excluding hydrogens is 841 g/mol. The van der Waals surface area contributed by atoms with Gasteiger partial charge in [-0.3, -0.25) is 9.59 Å². The Bertz CT molecular complexity index is 2980. The number of rotatable bonds is 18. The highest BCUT2D eigenvalue weighted by Gasteiger charge is 2.17. The lowest BCUT2D eigenvalue weighted by Gasteiger charge is -2.16. The molecule has 8 rings (SSSR count). The number of fused-ring (bicyclic) bond motifs is 4.